The number of carboxylic acids is 1. The third kappa shape index (κ3) is 5.20. The van der Waals surface area contributed by atoms with Crippen molar-refractivity contribution >= 4 is 46.9 Å². The summed E-state index contributed by atoms with van der Waals surface area (Å²) in [6.07, 6.45) is 0.354. The minimum atomic E-state index is -1.12. The summed E-state index contributed by atoms with van der Waals surface area (Å²) >= 11 is 5.25. The molecule has 2 aromatic rings. The molecule has 2 N–H and O–H groups in total. The van der Waals surface area contributed by atoms with Crippen molar-refractivity contribution in [2.75, 3.05) is 11.5 Å². The molecule has 1 heterocycles. The van der Waals surface area contributed by atoms with Crippen LogP contribution in [0.15, 0.2) is 42.0 Å². The van der Waals surface area contributed by atoms with Gasteiger partial charge in [-0.2, -0.15) is 0 Å². The Bertz CT molecular complexity index is 1170. The Morgan fingerprint density at radius 3 is 2.52 bits per heavy atom. The number of nitrogens with one attached hydrogen (secondary N) is 1. The summed E-state index contributed by atoms with van der Waals surface area (Å²) in [5.41, 5.74) is 3.01. The van der Waals surface area contributed by atoms with Crippen molar-refractivity contribution in [1.29, 1.82) is 0 Å². The molecule has 1 fully saturated rings. The van der Waals surface area contributed by atoms with Crippen molar-refractivity contribution in [2.45, 2.75) is 33.8 Å². The van der Waals surface area contributed by atoms with Gasteiger partial charge in [-0.3, -0.25) is 19.8 Å². The van der Waals surface area contributed by atoms with Crippen LogP contribution in [0.1, 0.15) is 30.5 Å². The topological polar surface area (TPSA) is 105 Å². The number of benzene rings is 2. The van der Waals surface area contributed by atoms with Gasteiger partial charge in [0, 0.05) is 0 Å². The summed E-state index contributed by atoms with van der Waals surface area (Å²) in [7, 11) is 0. The first kappa shape index (κ1) is 23.9. The Kier molecular flexibility index (Phi) is 7.13. The Labute approximate surface area is 196 Å². The molecule has 0 saturated carbocycles. The highest BCUT2D eigenvalue weighted by Gasteiger charge is 2.34. The fraction of sp³-hybridized carbons (Fsp3) is 0.250. The third-order valence-corrected chi connectivity index (χ3v) is 5.37. The molecular formula is C24H24N2O6S. The average Bonchev–Trinajstić information content (AvgIpc) is 2.75. The van der Waals surface area contributed by atoms with Gasteiger partial charge in [0.1, 0.15) is 5.57 Å². The minimum absolute atomic E-state index is 0.00631. The molecule has 0 aliphatic carbocycles. The predicted molar refractivity (Wildman–Crippen MR) is 127 cm³/mol. The molecule has 1 aliphatic rings. The van der Waals surface area contributed by atoms with Crippen LogP contribution in [-0.2, 0) is 14.4 Å². The van der Waals surface area contributed by atoms with Crippen molar-refractivity contribution in [3.63, 3.8) is 0 Å². The van der Waals surface area contributed by atoms with E-state index >= 15 is 0 Å². The molecule has 172 valence electrons. The zero-order valence-electron chi connectivity index (χ0n) is 18.7. The maximum absolute atomic E-state index is 13.2. The van der Waals surface area contributed by atoms with E-state index in [9.17, 15) is 14.4 Å². The van der Waals surface area contributed by atoms with Crippen molar-refractivity contribution in [3.05, 3.63) is 58.7 Å². The molecule has 1 aliphatic heterocycles. The Morgan fingerprint density at radius 1 is 1.15 bits per heavy atom. The molecule has 3 rings (SSSR count). The number of ether oxygens (including phenoxy) is 2. The number of amides is 2. The van der Waals surface area contributed by atoms with Crippen LogP contribution < -0.4 is 19.7 Å². The number of anilines is 1. The number of carboxylic acid groups (broad SMARTS) is 1. The number of nitrogens with zero attached hydrogens (tertiary/aromatic N) is 1. The van der Waals surface area contributed by atoms with Gasteiger partial charge in [-0.1, -0.05) is 12.1 Å². The van der Waals surface area contributed by atoms with E-state index < -0.39 is 23.9 Å². The lowest BCUT2D eigenvalue weighted by Gasteiger charge is -2.29. The second kappa shape index (κ2) is 9.83. The lowest BCUT2D eigenvalue weighted by Crippen LogP contribution is -2.54. The maximum Gasteiger partial charge on any atom is 0.344 e. The van der Waals surface area contributed by atoms with E-state index in [0.717, 1.165) is 11.1 Å². The second-order valence-corrected chi connectivity index (χ2v) is 7.85. The van der Waals surface area contributed by atoms with E-state index in [1.54, 1.807) is 25.1 Å². The first-order chi connectivity index (χ1) is 15.6. The molecule has 2 amide bonds. The number of rotatable bonds is 7. The van der Waals surface area contributed by atoms with Gasteiger partial charge in [0.2, 0.25) is 0 Å². The molecule has 1 atom stereocenters. The van der Waals surface area contributed by atoms with E-state index in [4.69, 9.17) is 26.8 Å². The fourth-order valence-corrected chi connectivity index (χ4v) is 3.43. The van der Waals surface area contributed by atoms with Gasteiger partial charge >= 0.3 is 5.97 Å². The largest absolute Gasteiger partial charge is 0.490 e. The number of carbonyl (C=O) groups is 3. The van der Waals surface area contributed by atoms with Crippen LogP contribution in [-0.4, -0.2) is 40.7 Å². The Morgan fingerprint density at radius 2 is 1.88 bits per heavy atom. The van der Waals surface area contributed by atoms with Gasteiger partial charge in [-0.05, 0) is 86.9 Å². The van der Waals surface area contributed by atoms with Gasteiger partial charge in [-0.15, -0.1) is 0 Å². The minimum Gasteiger partial charge on any atom is -0.490 e. The van der Waals surface area contributed by atoms with Crippen LogP contribution in [0.4, 0.5) is 5.69 Å². The summed E-state index contributed by atoms with van der Waals surface area (Å²) in [5.74, 6) is -1.74. The molecule has 0 unspecified atom stereocenters. The normalized spacial score (nSPS) is 15.9. The summed E-state index contributed by atoms with van der Waals surface area (Å²) < 4.78 is 11.0. The second-order valence-electron chi connectivity index (χ2n) is 7.46. The number of hydrogen-bond donors (Lipinski definition) is 2. The molecule has 9 heteroatoms. The summed E-state index contributed by atoms with van der Waals surface area (Å²) in [6, 6.07) is 10.2. The number of aliphatic carboxylic acids is 1. The highest BCUT2D eigenvalue weighted by Crippen LogP contribution is 2.31. The lowest BCUT2D eigenvalue weighted by atomic mass is 10.0. The van der Waals surface area contributed by atoms with E-state index in [2.05, 4.69) is 5.32 Å². The smallest absolute Gasteiger partial charge is 0.344 e. The predicted octanol–water partition coefficient (Wildman–Crippen LogP) is 3.39. The van der Waals surface area contributed by atoms with Crippen LogP contribution in [0.2, 0.25) is 0 Å². The molecule has 0 bridgehead atoms. The Hall–Kier alpha value is -3.72. The van der Waals surface area contributed by atoms with E-state index in [1.165, 1.54) is 24.0 Å². The monoisotopic (exact) mass is 468 g/mol. The number of thiocarbonyl (C=S) groups is 1. The average molecular weight is 469 g/mol. The Balaban J connectivity index is 1.98. The number of aryl methyl sites for hydroxylation is 2. The van der Waals surface area contributed by atoms with Crippen molar-refractivity contribution < 1.29 is 29.0 Å². The summed E-state index contributed by atoms with van der Waals surface area (Å²) in [4.78, 5) is 38.2. The lowest BCUT2D eigenvalue weighted by molar-refractivity contribution is -0.144. The van der Waals surface area contributed by atoms with Gasteiger partial charge in [0.15, 0.2) is 22.7 Å². The van der Waals surface area contributed by atoms with Crippen LogP contribution in [0.3, 0.4) is 0 Å². The van der Waals surface area contributed by atoms with Crippen molar-refractivity contribution in [3.8, 4) is 11.5 Å². The molecule has 0 radical (unpaired) electrons. The number of carbonyl (C=O) groups excluding carboxylic acids is 2. The molecule has 8 nitrogen and oxygen atoms in total. The fourth-order valence-electron chi connectivity index (χ4n) is 3.14. The zero-order chi connectivity index (χ0) is 24.3. The molecule has 0 aromatic heterocycles. The van der Waals surface area contributed by atoms with Crippen LogP contribution in [0.5, 0.6) is 11.5 Å². The van der Waals surface area contributed by atoms with E-state index in [1.807, 2.05) is 26.0 Å². The zero-order valence-corrected chi connectivity index (χ0v) is 19.5. The summed E-state index contributed by atoms with van der Waals surface area (Å²) in [6.45, 7) is 7.38. The third-order valence-electron chi connectivity index (χ3n) is 5.08. The summed E-state index contributed by atoms with van der Waals surface area (Å²) in [5, 5.41) is 11.7. The SMILES string of the molecule is CCOc1cc(/C=C2/C(=O)NC(=S)N(c3ccc(C)c(C)c3)C2=O)ccc1O[C@@H](C)C(=O)O. The molecule has 0 spiro atoms. The maximum atomic E-state index is 13.2. The van der Waals surface area contributed by atoms with Gasteiger partial charge < -0.3 is 14.6 Å². The number of hydrogen-bond acceptors (Lipinski definition) is 6. The van der Waals surface area contributed by atoms with Gasteiger partial charge in [0.05, 0.1) is 12.3 Å². The highest BCUT2D eigenvalue weighted by molar-refractivity contribution is 7.80. The first-order valence-electron chi connectivity index (χ1n) is 10.3. The van der Waals surface area contributed by atoms with Crippen molar-refractivity contribution in [1.82, 2.24) is 5.32 Å². The molecule has 33 heavy (non-hydrogen) atoms. The van der Waals surface area contributed by atoms with Gasteiger partial charge in [0.25, 0.3) is 11.8 Å². The first-order valence-corrected chi connectivity index (χ1v) is 10.7. The van der Waals surface area contributed by atoms with Gasteiger partial charge in [-0.25, -0.2) is 4.79 Å². The van der Waals surface area contributed by atoms with E-state index in [-0.39, 0.29) is 16.4 Å². The standard InChI is InChI=1S/C24H24N2O6S/c1-5-31-20-12-16(7-9-19(20)32-15(4)23(29)30)11-18-21(27)25-24(33)26(22(18)28)17-8-6-13(2)14(3)10-17/h6-12,15H,5H2,1-4H3,(H,29,30)(H,25,27,33)/b18-11-/t15-/m0/s1. The van der Waals surface area contributed by atoms with Crippen molar-refractivity contribution in [2.24, 2.45) is 0 Å². The van der Waals surface area contributed by atoms with E-state index in [0.29, 0.717) is 23.6 Å². The van der Waals surface area contributed by atoms with Crippen LogP contribution >= 0.6 is 12.2 Å². The molecule has 1 saturated heterocycles. The van der Waals surface area contributed by atoms with Crippen LogP contribution in [0.25, 0.3) is 6.08 Å². The quantitative estimate of drug-likeness (QED) is 0.365. The van der Waals surface area contributed by atoms with Crippen LogP contribution in [0, 0.1) is 13.8 Å². The molecular weight excluding hydrogens is 444 g/mol. The highest BCUT2D eigenvalue weighted by atomic mass is 32.1. The molecule has 2 aromatic carbocycles.